The molecule has 26 heteroatoms. The van der Waals surface area contributed by atoms with Crippen LogP contribution in [0.1, 0.15) is 186 Å². The molecule has 19 nitrogen and oxygen atoms in total. The third-order valence-electron chi connectivity index (χ3n) is 23.7. The van der Waals surface area contributed by atoms with Crippen molar-refractivity contribution in [2.24, 2.45) is 0 Å². The van der Waals surface area contributed by atoms with Crippen molar-refractivity contribution >= 4 is 203 Å². The molecule has 133 heavy (non-hydrogen) atoms. The number of Topliss-reactive ketones (excluding diaryl/α,β-unsaturated/α-hetero) is 10. The monoisotopic (exact) mass is 1900 g/mol. The van der Waals surface area contributed by atoms with Gasteiger partial charge in [-0.15, -0.1) is 70.1 Å². The van der Waals surface area contributed by atoms with Crippen molar-refractivity contribution in [3.63, 3.8) is 0 Å². The zero-order valence-corrected chi connectivity index (χ0v) is 78.5. The van der Waals surface area contributed by atoms with Crippen LogP contribution in [0.3, 0.4) is 0 Å². The molecule has 11 aliphatic rings. The van der Waals surface area contributed by atoms with Gasteiger partial charge >= 0.3 is 0 Å². The molecule has 0 aliphatic carbocycles. The highest BCUT2D eigenvalue weighted by atomic mass is 35.5. The number of thioether (sulfide) groups is 5. The Morgan fingerprint density at radius 2 is 0.677 bits per heavy atom. The van der Waals surface area contributed by atoms with Crippen molar-refractivity contribution in [3.8, 4) is 40.2 Å². The molecule has 0 atom stereocenters. The van der Waals surface area contributed by atoms with Crippen LogP contribution in [-0.4, -0.2) is 131 Å². The molecule has 26 rings (SSSR count). The van der Waals surface area contributed by atoms with Gasteiger partial charge in [-0.2, -0.15) is 0 Å². The number of para-hydroxylation sites is 3. The lowest BCUT2D eigenvalue weighted by Crippen LogP contribution is -2.17. The van der Waals surface area contributed by atoms with Crippen molar-refractivity contribution in [2.75, 3.05) is 68.6 Å². The number of hydrogen-bond donors (Lipinski definition) is 0. The summed E-state index contributed by atoms with van der Waals surface area (Å²) in [6, 6.07) is 68.6. The van der Waals surface area contributed by atoms with Crippen LogP contribution in [0.5, 0.6) is 40.2 Å². The van der Waals surface area contributed by atoms with Crippen LogP contribution in [0.2, 0.25) is 5.02 Å². The predicted octanol–water partition coefficient (Wildman–Crippen LogP) is 25.8. The zero-order valence-electron chi connectivity index (χ0n) is 72.9. The molecule has 3 aromatic heterocycles. The highest BCUT2D eigenvalue weighted by Crippen LogP contribution is 2.46. The van der Waals surface area contributed by atoms with E-state index in [9.17, 15) is 47.9 Å². The molecule has 12 aromatic carbocycles. The first-order valence-electron chi connectivity index (χ1n) is 44.0. The third-order valence-corrected chi connectivity index (χ3v) is 30.3. The van der Waals surface area contributed by atoms with E-state index in [4.69, 9.17) is 49.2 Å². The van der Waals surface area contributed by atoms with Crippen LogP contribution >= 0.6 is 81.7 Å². The molecule has 14 heterocycles. The summed E-state index contributed by atoms with van der Waals surface area (Å²) in [6.45, 7) is 9.76. The predicted molar refractivity (Wildman–Crippen MR) is 528 cm³/mol. The molecule has 0 saturated carbocycles. The maximum atomic E-state index is 12.1. The summed E-state index contributed by atoms with van der Waals surface area (Å²) in [6.07, 6.45) is 5.58. The number of nitrogens with zero attached hydrogens (tertiary/aromatic N) is 1. The number of aromatic nitrogens is 1. The minimum atomic E-state index is 0.110. The smallest absolute Gasteiger partial charge is 0.231 e. The molecule has 0 unspecified atom stereocenters. The number of ketones is 10. The molecule has 672 valence electrons. The van der Waals surface area contributed by atoms with Crippen LogP contribution < -0.4 is 33.2 Å². The Morgan fingerprint density at radius 1 is 0.278 bits per heavy atom. The Balaban J connectivity index is 0.000000101. The number of carbonyl (C=O) groups is 10. The van der Waals surface area contributed by atoms with Gasteiger partial charge in [-0.3, -0.25) is 47.9 Å². The largest absolute Gasteiger partial charge is 0.492 e. The van der Waals surface area contributed by atoms with E-state index in [0.717, 1.165) is 155 Å². The first kappa shape index (κ1) is 91.3. The standard InChI is InChI=1S/C17H15NOS.C15H10O2S.C15H10OS2.C12H10O3S.C10H8O3S.2C10H10O2.C9H7ClO2.C9H8O2/c1-2-18-14-6-4-3-5-11(14)12-10-17-13(9-15(12)18)16(19)7-8-20-17;16-12-5-6-18-15-8-10-9-3-1-2-4-13(9)17-14(10)7-11(12)15;16-12-5-6-17-14-7-10-9-3-1-2-4-13(9)18-15(10)8-11(12)14;13-9-1-3-15-11-5-8-10(14)2-4-16-12(8)6-7(9)11;11-7-1-2-14-10-4-9-8(3-6(7)10)12-5-13-9;2*1-7-2-3-10-8(6-7)9(11)4-5-12-10;10-6-1-2-9-7(5-6)8(11)3-4-12-9;10-8-5-6-11-9-4-2-1-3-7(8)9/h3-6,9-10H,2,7-8H2,1H3;2*1-4,7-8H,5-6H2;5-6H,1-4H2;3-4H,1-2,5H2;2*2-3,6H,4-5H2,1H3;1-2,5H,3-4H2;1-4H,5-6H2. The summed E-state index contributed by atoms with van der Waals surface area (Å²) >= 11 is 16.2. The molecule has 0 bridgehead atoms. The van der Waals surface area contributed by atoms with Gasteiger partial charge in [-0.25, -0.2) is 0 Å². The first-order chi connectivity index (χ1) is 64.7. The first-order valence-corrected chi connectivity index (χ1v) is 50.1. The van der Waals surface area contributed by atoms with Crippen molar-refractivity contribution in [2.45, 2.75) is 116 Å². The van der Waals surface area contributed by atoms with Crippen molar-refractivity contribution in [1.29, 1.82) is 0 Å². The fraction of sp³-hybridized carbons (Fsp3) is 0.234. The number of halogens is 1. The Labute approximate surface area is 796 Å². The number of fused-ring (bicyclic) bond motifs is 20. The average Bonchev–Trinajstić information content (AvgIpc) is 1.60. The Bertz CT molecular complexity index is 6910. The van der Waals surface area contributed by atoms with E-state index < -0.39 is 0 Å². The molecule has 0 fully saturated rings. The lowest BCUT2D eigenvalue weighted by molar-refractivity contribution is 0.0922. The topological polar surface area (TPSA) is 253 Å². The van der Waals surface area contributed by atoms with Crippen LogP contribution in [0.15, 0.2) is 241 Å². The van der Waals surface area contributed by atoms with E-state index in [1.807, 2.05) is 105 Å². The highest BCUT2D eigenvalue weighted by molar-refractivity contribution is 8.00. The van der Waals surface area contributed by atoms with Gasteiger partial charge < -0.3 is 42.1 Å². The Hall–Kier alpha value is -12.2. The number of furan rings is 1. The van der Waals surface area contributed by atoms with Crippen molar-refractivity contribution < 1.29 is 85.5 Å². The van der Waals surface area contributed by atoms with Gasteiger partial charge in [-0.1, -0.05) is 102 Å². The van der Waals surface area contributed by atoms with Crippen LogP contribution in [0, 0.1) is 13.8 Å². The number of ether oxygens (including phenoxy) is 7. The summed E-state index contributed by atoms with van der Waals surface area (Å²) in [5.74, 6) is 11.2. The number of aryl methyl sites for hydroxylation is 3. The summed E-state index contributed by atoms with van der Waals surface area (Å²) in [5, 5.41) is 7.94. The van der Waals surface area contributed by atoms with Crippen LogP contribution in [0.4, 0.5) is 0 Å². The van der Waals surface area contributed by atoms with E-state index in [1.165, 1.54) is 42.0 Å². The fourth-order valence-electron chi connectivity index (χ4n) is 17.0. The maximum absolute atomic E-state index is 12.1. The van der Waals surface area contributed by atoms with Crippen LogP contribution in [-0.2, 0) is 6.54 Å². The van der Waals surface area contributed by atoms with Crippen molar-refractivity contribution in [1.82, 2.24) is 4.57 Å². The van der Waals surface area contributed by atoms with Gasteiger partial charge in [0.2, 0.25) is 6.79 Å². The molecule has 15 aromatic rings. The normalized spacial score (nSPS) is 15.9. The Morgan fingerprint density at radius 3 is 1.23 bits per heavy atom. The quantitative estimate of drug-likeness (QED) is 0.148. The summed E-state index contributed by atoms with van der Waals surface area (Å²) < 4.78 is 47.7. The number of rotatable bonds is 1. The van der Waals surface area contributed by atoms with E-state index in [1.54, 1.807) is 107 Å². The minimum absolute atomic E-state index is 0.110. The summed E-state index contributed by atoms with van der Waals surface area (Å²) in [5.41, 5.74) is 13.9. The summed E-state index contributed by atoms with van der Waals surface area (Å²) in [7, 11) is 0. The van der Waals surface area contributed by atoms with Gasteiger partial charge in [-0.05, 0) is 154 Å². The molecular formula is C107H88ClNO18S6. The second kappa shape index (κ2) is 41.1. The van der Waals surface area contributed by atoms with Gasteiger partial charge in [0.15, 0.2) is 69.3 Å². The average molecular weight is 1900 g/mol. The molecule has 0 N–H and O–H groups in total. The zero-order chi connectivity index (χ0) is 91.9. The summed E-state index contributed by atoms with van der Waals surface area (Å²) in [4.78, 5) is 121. The second-order valence-electron chi connectivity index (χ2n) is 32.4. The van der Waals surface area contributed by atoms with E-state index in [2.05, 4.69) is 96.4 Å². The number of benzene rings is 12. The van der Waals surface area contributed by atoms with Gasteiger partial charge in [0, 0.05) is 210 Å². The molecular weight excluding hydrogens is 1820 g/mol. The number of hydrogen-bond acceptors (Lipinski definition) is 24. The maximum Gasteiger partial charge on any atom is 0.231 e. The molecule has 0 amide bonds. The van der Waals surface area contributed by atoms with Gasteiger partial charge in [0.25, 0.3) is 0 Å². The third kappa shape index (κ3) is 20.2. The lowest BCUT2D eigenvalue weighted by Gasteiger charge is -2.21. The van der Waals surface area contributed by atoms with E-state index in [0.29, 0.717) is 142 Å². The van der Waals surface area contributed by atoms with Crippen LogP contribution in [0.25, 0.3) is 63.9 Å². The van der Waals surface area contributed by atoms with E-state index in [-0.39, 0.29) is 58.8 Å². The Kier molecular flexibility index (Phi) is 28.2. The van der Waals surface area contributed by atoms with Crippen molar-refractivity contribution in [3.05, 3.63) is 284 Å². The van der Waals surface area contributed by atoms with Gasteiger partial charge in [0.05, 0.1) is 60.9 Å². The van der Waals surface area contributed by atoms with Gasteiger partial charge in [0.1, 0.15) is 39.9 Å². The number of carbonyl (C=O) groups excluding carboxylic acids is 10. The molecule has 0 spiro atoms. The SMILES string of the molecule is CCn1c2ccccc2c2cc3c(cc21)C(=O)CCS3.Cc1ccc2c(c1)C(=O)CCO2.Cc1ccc2c(c1)C(=O)CCO2.O=C1CCOc2cc3c(cc21)SCCC3=O.O=C1CCOc2ccc(Cl)cc21.O=C1CCOc2ccccc21.O=C1CCSc2cc3c(cc21)OCO3.O=C1CCSc2cc3c(cc21)oc1ccccc13.O=C1CCSc2cc3c(cc21)sc1ccccc13. The minimum Gasteiger partial charge on any atom is -0.492 e. The molecule has 11 aliphatic heterocycles. The molecule has 0 radical (unpaired) electrons. The van der Waals surface area contributed by atoms with E-state index >= 15 is 0 Å². The fourth-order valence-corrected chi connectivity index (χ4v) is 23.4. The molecule has 0 saturated heterocycles. The second-order valence-corrected chi connectivity index (χ2v) is 39.6. The highest BCUT2D eigenvalue weighted by Gasteiger charge is 2.30. The lowest BCUT2D eigenvalue weighted by atomic mass is 10.00. The number of thiophene rings is 1.